The third kappa shape index (κ3) is 4.42. The Labute approximate surface area is 183 Å². The first kappa shape index (κ1) is 20.6. The summed E-state index contributed by atoms with van der Waals surface area (Å²) in [5, 5.41) is 12.6. The molecular formula is C22H22ClN3O3S. The summed E-state index contributed by atoms with van der Waals surface area (Å²) < 4.78 is 11.6. The summed E-state index contributed by atoms with van der Waals surface area (Å²) in [5.74, 6) is 1.83. The molecule has 4 rings (SSSR count). The predicted molar refractivity (Wildman–Crippen MR) is 118 cm³/mol. The molecule has 2 aromatic heterocycles. The van der Waals surface area contributed by atoms with E-state index in [-0.39, 0.29) is 5.78 Å². The molecule has 1 saturated heterocycles. The average Bonchev–Trinajstić information content (AvgIpc) is 3.52. The van der Waals surface area contributed by atoms with E-state index in [2.05, 4.69) is 10.1 Å². The molecule has 0 saturated carbocycles. The van der Waals surface area contributed by atoms with Gasteiger partial charge in [-0.25, -0.2) is 0 Å². The summed E-state index contributed by atoms with van der Waals surface area (Å²) in [6.07, 6.45) is 3.04. The molecule has 0 aliphatic carbocycles. The maximum atomic E-state index is 12.3. The van der Waals surface area contributed by atoms with E-state index >= 15 is 0 Å². The highest BCUT2D eigenvalue weighted by molar-refractivity contribution is 7.18. The van der Waals surface area contributed by atoms with E-state index in [1.807, 2.05) is 24.3 Å². The van der Waals surface area contributed by atoms with Crippen LogP contribution in [0, 0.1) is 5.41 Å². The van der Waals surface area contributed by atoms with Gasteiger partial charge in [0.05, 0.1) is 16.3 Å². The van der Waals surface area contributed by atoms with Crippen LogP contribution in [0.2, 0.25) is 4.34 Å². The Morgan fingerprint density at radius 1 is 1.27 bits per heavy atom. The standard InChI is InChI=1S/C22H22ClN3O3S/c1-28-19-12-14(22(24)26-10-2-3-11-26)4-6-16(19)17-13-15(29-25-17)5-7-18(27)20-8-9-21(23)30-20/h4,6,8-9,12-13,24H,2-3,5,7,10-11H2,1H3. The highest BCUT2D eigenvalue weighted by Gasteiger charge is 2.19. The van der Waals surface area contributed by atoms with Crippen molar-refractivity contribution in [1.29, 1.82) is 5.41 Å². The first-order valence-electron chi connectivity index (χ1n) is 9.81. The molecule has 3 heterocycles. The Kier molecular flexibility index (Phi) is 6.20. The van der Waals surface area contributed by atoms with Crippen LogP contribution in [0.25, 0.3) is 11.3 Å². The van der Waals surface area contributed by atoms with Gasteiger partial charge < -0.3 is 14.2 Å². The van der Waals surface area contributed by atoms with Gasteiger partial charge in [0.1, 0.15) is 23.0 Å². The molecule has 0 atom stereocenters. The number of methoxy groups -OCH3 is 1. The van der Waals surface area contributed by atoms with Gasteiger partial charge in [-0.1, -0.05) is 22.8 Å². The summed E-state index contributed by atoms with van der Waals surface area (Å²) in [4.78, 5) is 15.0. The second-order valence-electron chi connectivity index (χ2n) is 7.16. The van der Waals surface area contributed by atoms with E-state index in [4.69, 9.17) is 26.3 Å². The molecule has 0 bridgehead atoms. The summed E-state index contributed by atoms with van der Waals surface area (Å²) in [7, 11) is 1.61. The van der Waals surface area contributed by atoms with E-state index < -0.39 is 0 Å². The number of aromatic nitrogens is 1. The smallest absolute Gasteiger partial charge is 0.173 e. The van der Waals surface area contributed by atoms with Crippen LogP contribution in [-0.4, -0.2) is 41.9 Å². The van der Waals surface area contributed by atoms with Crippen molar-refractivity contribution in [3.63, 3.8) is 0 Å². The summed E-state index contributed by atoms with van der Waals surface area (Å²) in [6.45, 7) is 1.85. The number of nitrogens with one attached hydrogen (secondary N) is 1. The normalized spacial score (nSPS) is 13.6. The third-order valence-corrected chi connectivity index (χ3v) is 6.45. The number of halogens is 1. The van der Waals surface area contributed by atoms with E-state index in [0.29, 0.717) is 45.1 Å². The van der Waals surface area contributed by atoms with Gasteiger partial charge >= 0.3 is 0 Å². The monoisotopic (exact) mass is 443 g/mol. The van der Waals surface area contributed by atoms with E-state index in [9.17, 15) is 4.79 Å². The van der Waals surface area contributed by atoms with Gasteiger partial charge in [0.15, 0.2) is 5.78 Å². The van der Waals surface area contributed by atoms with Crippen LogP contribution < -0.4 is 4.74 Å². The molecule has 8 heteroatoms. The van der Waals surface area contributed by atoms with Crippen LogP contribution in [0.5, 0.6) is 5.75 Å². The van der Waals surface area contributed by atoms with Gasteiger partial charge in [0, 0.05) is 43.1 Å². The molecule has 1 aliphatic heterocycles. The molecule has 156 valence electrons. The molecule has 0 unspecified atom stereocenters. The number of rotatable bonds is 7. The number of amidine groups is 1. The minimum absolute atomic E-state index is 0.0345. The van der Waals surface area contributed by atoms with Gasteiger partial charge in [-0.2, -0.15) is 0 Å². The SMILES string of the molecule is COc1cc(C(=N)N2CCCC2)ccc1-c1cc(CCC(=O)c2ccc(Cl)s2)on1. The number of nitrogens with zero attached hydrogens (tertiary/aromatic N) is 2. The number of Topliss-reactive ketones (excluding diaryl/α,β-unsaturated/α-hetero) is 1. The highest BCUT2D eigenvalue weighted by atomic mass is 35.5. The first-order valence-corrected chi connectivity index (χ1v) is 11.0. The number of carbonyl (C=O) groups is 1. The summed E-state index contributed by atoms with van der Waals surface area (Å²) in [5.41, 5.74) is 2.26. The number of benzene rings is 1. The number of ether oxygens (including phenoxy) is 1. The zero-order valence-electron chi connectivity index (χ0n) is 16.6. The van der Waals surface area contributed by atoms with Crippen molar-refractivity contribution in [2.45, 2.75) is 25.7 Å². The number of hydrogen-bond acceptors (Lipinski definition) is 6. The average molecular weight is 444 g/mol. The lowest BCUT2D eigenvalue weighted by molar-refractivity contribution is 0.0984. The number of thiophene rings is 1. The van der Waals surface area contributed by atoms with Crippen LogP contribution in [0.3, 0.4) is 0 Å². The predicted octanol–water partition coefficient (Wildman–Crippen LogP) is 5.30. The topological polar surface area (TPSA) is 79.4 Å². The minimum Gasteiger partial charge on any atom is -0.496 e. The molecule has 0 amide bonds. The lowest BCUT2D eigenvalue weighted by atomic mass is 10.1. The molecular weight excluding hydrogens is 422 g/mol. The lowest BCUT2D eigenvalue weighted by Gasteiger charge is -2.19. The Hall–Kier alpha value is -2.64. The zero-order valence-corrected chi connectivity index (χ0v) is 18.2. The number of hydrogen-bond donors (Lipinski definition) is 1. The van der Waals surface area contributed by atoms with Gasteiger partial charge in [0.25, 0.3) is 0 Å². The van der Waals surface area contributed by atoms with Crippen molar-refractivity contribution in [2.75, 3.05) is 20.2 Å². The largest absolute Gasteiger partial charge is 0.496 e. The van der Waals surface area contributed by atoms with Crippen LogP contribution in [-0.2, 0) is 6.42 Å². The second kappa shape index (κ2) is 9.02. The fourth-order valence-electron chi connectivity index (χ4n) is 3.56. The Morgan fingerprint density at radius 2 is 2.07 bits per heavy atom. The third-order valence-electron chi connectivity index (χ3n) is 5.18. The quantitative estimate of drug-likeness (QED) is 0.304. The lowest BCUT2D eigenvalue weighted by Crippen LogP contribution is -2.27. The maximum Gasteiger partial charge on any atom is 0.173 e. The number of ketones is 1. The van der Waals surface area contributed by atoms with Crippen LogP contribution in [0.4, 0.5) is 0 Å². The highest BCUT2D eigenvalue weighted by Crippen LogP contribution is 2.32. The van der Waals surface area contributed by atoms with Gasteiger partial charge in [-0.05, 0) is 37.1 Å². The first-order chi connectivity index (χ1) is 14.5. The Bertz CT molecular complexity index is 1070. The maximum absolute atomic E-state index is 12.3. The van der Waals surface area contributed by atoms with E-state index in [1.165, 1.54) is 11.3 Å². The molecule has 0 radical (unpaired) electrons. The zero-order chi connectivity index (χ0) is 21.1. The van der Waals surface area contributed by atoms with Gasteiger partial charge in [-0.15, -0.1) is 11.3 Å². The van der Waals surface area contributed by atoms with Crippen LogP contribution in [0.1, 0.15) is 40.3 Å². The molecule has 1 fully saturated rings. The van der Waals surface area contributed by atoms with Crippen molar-refractivity contribution in [3.8, 4) is 17.0 Å². The molecule has 0 spiro atoms. The van der Waals surface area contributed by atoms with Crippen molar-refractivity contribution in [3.05, 3.63) is 56.9 Å². The van der Waals surface area contributed by atoms with Crippen molar-refractivity contribution in [2.24, 2.45) is 0 Å². The van der Waals surface area contributed by atoms with Crippen LogP contribution >= 0.6 is 22.9 Å². The molecule has 1 aromatic carbocycles. The number of aryl methyl sites for hydroxylation is 1. The minimum atomic E-state index is 0.0345. The van der Waals surface area contributed by atoms with Crippen molar-refractivity contribution < 1.29 is 14.1 Å². The molecule has 30 heavy (non-hydrogen) atoms. The summed E-state index contributed by atoms with van der Waals surface area (Å²) >= 11 is 7.18. The van der Waals surface area contributed by atoms with Gasteiger partial charge in [-0.3, -0.25) is 10.2 Å². The van der Waals surface area contributed by atoms with E-state index in [1.54, 1.807) is 19.2 Å². The number of likely N-dealkylation sites (tertiary alicyclic amines) is 1. The number of carbonyl (C=O) groups excluding carboxylic acids is 1. The summed E-state index contributed by atoms with van der Waals surface area (Å²) in [6, 6.07) is 11.0. The van der Waals surface area contributed by atoms with Crippen LogP contribution in [0.15, 0.2) is 40.9 Å². The Morgan fingerprint density at radius 3 is 2.77 bits per heavy atom. The second-order valence-corrected chi connectivity index (χ2v) is 8.88. The van der Waals surface area contributed by atoms with Crippen molar-refractivity contribution >= 4 is 34.6 Å². The fourth-order valence-corrected chi connectivity index (χ4v) is 4.57. The molecule has 1 N–H and O–H groups in total. The van der Waals surface area contributed by atoms with Crippen molar-refractivity contribution in [1.82, 2.24) is 10.1 Å². The fraction of sp³-hybridized carbons (Fsp3) is 0.318. The molecule has 6 nitrogen and oxygen atoms in total. The molecule has 3 aromatic rings. The van der Waals surface area contributed by atoms with E-state index in [0.717, 1.165) is 37.1 Å². The molecule has 1 aliphatic rings. The van der Waals surface area contributed by atoms with Gasteiger partial charge in [0.2, 0.25) is 0 Å². The Balaban J connectivity index is 1.46.